The van der Waals surface area contributed by atoms with Crippen LogP contribution >= 0.6 is 0 Å². The smallest absolute Gasteiger partial charge is 0.177 e. The molecule has 0 amide bonds. The molecule has 4 rings (SSSR count). The van der Waals surface area contributed by atoms with Crippen LogP contribution in [0.15, 0.2) is 24.3 Å². The van der Waals surface area contributed by atoms with E-state index in [9.17, 15) is 0 Å². The van der Waals surface area contributed by atoms with Crippen LogP contribution in [0, 0.1) is 6.92 Å². The summed E-state index contributed by atoms with van der Waals surface area (Å²) < 4.78 is 1.90. The lowest BCUT2D eigenvalue weighted by Gasteiger charge is -2.31. The fourth-order valence-corrected chi connectivity index (χ4v) is 3.41. The highest BCUT2D eigenvalue weighted by Crippen LogP contribution is 2.29. The minimum absolute atomic E-state index is 0.0262. The van der Waals surface area contributed by atoms with E-state index in [1.54, 1.807) is 0 Å². The minimum atomic E-state index is 0.0262. The summed E-state index contributed by atoms with van der Waals surface area (Å²) in [6.07, 6.45) is 2.03. The zero-order valence-corrected chi connectivity index (χ0v) is 15.8. The highest BCUT2D eigenvalue weighted by Gasteiger charge is 2.26. The molecule has 0 bridgehead atoms. The lowest BCUT2D eigenvalue weighted by atomic mass is 9.92. The van der Waals surface area contributed by atoms with Gasteiger partial charge in [0.2, 0.25) is 0 Å². The molecular formula is C19H25N7. The van der Waals surface area contributed by atoms with Crippen LogP contribution in [0.2, 0.25) is 0 Å². The first-order chi connectivity index (χ1) is 12.4. The Morgan fingerprint density at radius 1 is 0.923 bits per heavy atom. The van der Waals surface area contributed by atoms with Crippen molar-refractivity contribution in [2.45, 2.75) is 51.9 Å². The maximum absolute atomic E-state index is 4.58. The SMILES string of the molecule is Cc1ccc2nnc(C3CCN(c4ccc(C(C)(C)C)nn4)CC3)n2n1. The molecule has 1 aliphatic heterocycles. The fraction of sp³-hybridized carbons (Fsp3) is 0.526. The molecule has 0 atom stereocenters. The van der Waals surface area contributed by atoms with Crippen LogP contribution in [-0.2, 0) is 5.41 Å². The molecule has 0 aliphatic carbocycles. The van der Waals surface area contributed by atoms with E-state index in [1.165, 1.54) is 0 Å². The third kappa shape index (κ3) is 3.13. The molecule has 26 heavy (non-hydrogen) atoms. The van der Waals surface area contributed by atoms with Crippen molar-refractivity contribution in [2.24, 2.45) is 0 Å². The quantitative estimate of drug-likeness (QED) is 0.707. The number of piperidine rings is 1. The zero-order valence-electron chi connectivity index (χ0n) is 15.8. The highest BCUT2D eigenvalue weighted by molar-refractivity contribution is 5.40. The minimum Gasteiger partial charge on any atom is -0.355 e. The van der Waals surface area contributed by atoms with E-state index in [1.807, 2.05) is 23.6 Å². The standard InChI is InChI=1S/C19H25N7/c1-13-5-7-17-22-23-18(26(17)24-13)14-9-11-25(12-10-14)16-8-6-15(20-21-16)19(2,3)4/h5-8,14H,9-12H2,1-4H3. The van der Waals surface area contributed by atoms with Gasteiger partial charge in [0.05, 0.1) is 11.4 Å². The molecular weight excluding hydrogens is 326 g/mol. The van der Waals surface area contributed by atoms with Crippen molar-refractivity contribution in [2.75, 3.05) is 18.0 Å². The zero-order chi connectivity index (χ0) is 18.3. The molecule has 0 unspecified atom stereocenters. The Balaban J connectivity index is 1.47. The van der Waals surface area contributed by atoms with Crippen molar-refractivity contribution in [3.05, 3.63) is 41.5 Å². The molecule has 0 saturated carbocycles. The van der Waals surface area contributed by atoms with Crippen LogP contribution in [0.4, 0.5) is 5.82 Å². The summed E-state index contributed by atoms with van der Waals surface area (Å²) in [5.74, 6) is 2.30. The largest absolute Gasteiger partial charge is 0.355 e. The van der Waals surface area contributed by atoms with E-state index >= 15 is 0 Å². The maximum atomic E-state index is 4.58. The van der Waals surface area contributed by atoms with Gasteiger partial charge in [0, 0.05) is 24.4 Å². The normalized spacial score (nSPS) is 16.4. The number of rotatable bonds is 2. The second-order valence-electron chi connectivity index (χ2n) is 8.09. The van der Waals surface area contributed by atoms with E-state index in [0.29, 0.717) is 5.92 Å². The summed E-state index contributed by atoms with van der Waals surface area (Å²) >= 11 is 0. The topological polar surface area (TPSA) is 72.1 Å². The Labute approximate surface area is 153 Å². The second-order valence-corrected chi connectivity index (χ2v) is 8.09. The Bertz CT molecular complexity index is 900. The lowest BCUT2D eigenvalue weighted by Crippen LogP contribution is -2.34. The van der Waals surface area contributed by atoms with E-state index in [-0.39, 0.29) is 5.41 Å². The van der Waals surface area contributed by atoms with E-state index in [0.717, 1.165) is 54.6 Å². The molecule has 136 valence electrons. The van der Waals surface area contributed by atoms with Crippen molar-refractivity contribution < 1.29 is 0 Å². The predicted molar refractivity (Wildman–Crippen MR) is 100 cm³/mol. The summed E-state index contributed by atoms with van der Waals surface area (Å²) in [5.41, 5.74) is 2.84. The Kier molecular flexibility index (Phi) is 4.09. The van der Waals surface area contributed by atoms with Gasteiger partial charge in [-0.25, -0.2) is 0 Å². The second kappa shape index (κ2) is 6.30. The van der Waals surface area contributed by atoms with Crippen molar-refractivity contribution in [3.8, 4) is 0 Å². The molecule has 1 saturated heterocycles. The average molecular weight is 351 g/mol. The molecule has 0 spiro atoms. The molecule has 0 aromatic carbocycles. The van der Waals surface area contributed by atoms with Gasteiger partial charge in [-0.15, -0.1) is 15.3 Å². The van der Waals surface area contributed by atoms with Crippen molar-refractivity contribution in [3.63, 3.8) is 0 Å². The summed E-state index contributed by atoms with van der Waals surface area (Å²) in [4.78, 5) is 2.30. The molecule has 3 aromatic heterocycles. The molecule has 4 heterocycles. The molecule has 0 N–H and O–H groups in total. The molecule has 1 aliphatic rings. The van der Waals surface area contributed by atoms with E-state index in [2.05, 4.69) is 63.3 Å². The number of anilines is 1. The Morgan fingerprint density at radius 2 is 1.69 bits per heavy atom. The van der Waals surface area contributed by atoms with Crippen molar-refractivity contribution in [1.82, 2.24) is 30.0 Å². The number of hydrogen-bond acceptors (Lipinski definition) is 6. The Morgan fingerprint density at radius 3 is 2.35 bits per heavy atom. The van der Waals surface area contributed by atoms with Gasteiger partial charge in [-0.2, -0.15) is 14.7 Å². The number of nitrogens with zero attached hydrogens (tertiary/aromatic N) is 7. The van der Waals surface area contributed by atoms with Gasteiger partial charge in [-0.1, -0.05) is 20.8 Å². The third-order valence-electron chi connectivity index (χ3n) is 5.02. The van der Waals surface area contributed by atoms with Gasteiger partial charge in [0.15, 0.2) is 17.3 Å². The number of hydrogen-bond donors (Lipinski definition) is 0. The van der Waals surface area contributed by atoms with Crippen LogP contribution < -0.4 is 4.90 Å². The lowest BCUT2D eigenvalue weighted by molar-refractivity contribution is 0.472. The van der Waals surface area contributed by atoms with Gasteiger partial charge in [-0.3, -0.25) is 0 Å². The molecule has 0 radical (unpaired) electrons. The summed E-state index contributed by atoms with van der Waals surface area (Å²) in [7, 11) is 0. The first-order valence-electron chi connectivity index (χ1n) is 9.20. The molecule has 3 aromatic rings. The van der Waals surface area contributed by atoms with Crippen LogP contribution in [0.1, 0.15) is 56.7 Å². The van der Waals surface area contributed by atoms with Gasteiger partial charge in [-0.05, 0) is 44.0 Å². The van der Waals surface area contributed by atoms with Crippen LogP contribution in [0.3, 0.4) is 0 Å². The number of aromatic nitrogens is 6. The van der Waals surface area contributed by atoms with E-state index in [4.69, 9.17) is 0 Å². The third-order valence-corrected chi connectivity index (χ3v) is 5.02. The molecule has 7 nitrogen and oxygen atoms in total. The summed E-state index contributed by atoms with van der Waals surface area (Å²) in [5, 5.41) is 22.1. The first-order valence-corrected chi connectivity index (χ1v) is 9.20. The van der Waals surface area contributed by atoms with Crippen molar-refractivity contribution >= 4 is 11.5 Å². The van der Waals surface area contributed by atoms with Crippen LogP contribution in [0.5, 0.6) is 0 Å². The fourth-order valence-electron chi connectivity index (χ4n) is 3.41. The monoisotopic (exact) mass is 351 g/mol. The number of aryl methyl sites for hydroxylation is 1. The Hall–Kier alpha value is -2.57. The summed E-state index contributed by atoms with van der Waals surface area (Å²) in [6.45, 7) is 10.3. The molecule has 1 fully saturated rings. The van der Waals surface area contributed by atoms with Gasteiger partial charge >= 0.3 is 0 Å². The predicted octanol–water partition coefficient (Wildman–Crippen LogP) is 2.90. The van der Waals surface area contributed by atoms with Crippen LogP contribution in [0.25, 0.3) is 5.65 Å². The average Bonchev–Trinajstić information content (AvgIpc) is 3.04. The van der Waals surface area contributed by atoms with Gasteiger partial charge in [0.1, 0.15) is 0 Å². The van der Waals surface area contributed by atoms with E-state index < -0.39 is 0 Å². The van der Waals surface area contributed by atoms with Crippen molar-refractivity contribution in [1.29, 1.82) is 0 Å². The summed E-state index contributed by atoms with van der Waals surface area (Å²) in [6, 6.07) is 8.12. The maximum Gasteiger partial charge on any atom is 0.177 e. The van der Waals surface area contributed by atoms with Gasteiger partial charge < -0.3 is 4.90 Å². The highest BCUT2D eigenvalue weighted by atomic mass is 15.4. The van der Waals surface area contributed by atoms with Crippen LogP contribution in [-0.4, -0.2) is 43.1 Å². The van der Waals surface area contributed by atoms with Gasteiger partial charge in [0.25, 0.3) is 0 Å². The number of fused-ring (bicyclic) bond motifs is 1. The molecule has 7 heteroatoms. The first kappa shape index (κ1) is 16.9.